The van der Waals surface area contributed by atoms with Crippen molar-refractivity contribution < 1.29 is 14.3 Å². The third-order valence-electron chi connectivity index (χ3n) is 1.49. The van der Waals surface area contributed by atoms with Crippen molar-refractivity contribution in [2.24, 2.45) is 0 Å². The summed E-state index contributed by atoms with van der Waals surface area (Å²) in [6.45, 7) is 0. The van der Waals surface area contributed by atoms with Crippen molar-refractivity contribution in [2.75, 3.05) is 12.4 Å². The lowest BCUT2D eigenvalue weighted by molar-refractivity contribution is 0.0598. The Morgan fingerprint density at radius 1 is 1.46 bits per heavy atom. The minimum atomic E-state index is -0.467. The average molecular weight is 263 g/mol. The molecule has 0 amide bonds. The van der Waals surface area contributed by atoms with Crippen molar-refractivity contribution in [2.45, 2.75) is 0 Å². The molecule has 0 aliphatic carbocycles. The normalized spacial score (nSPS) is 9.69. The molecular formula is C8H7BrO3S. The van der Waals surface area contributed by atoms with Gasteiger partial charge in [-0.25, -0.2) is 4.79 Å². The van der Waals surface area contributed by atoms with Gasteiger partial charge in [-0.05, 0) is 0 Å². The molecule has 0 bridgehead atoms. The second-order valence-electron chi connectivity index (χ2n) is 2.25. The molecule has 0 saturated carbocycles. The lowest BCUT2D eigenvalue weighted by Crippen LogP contribution is -2.08. The first-order valence-corrected chi connectivity index (χ1v) is 5.50. The van der Waals surface area contributed by atoms with Gasteiger partial charge >= 0.3 is 5.97 Å². The molecule has 0 saturated heterocycles. The van der Waals surface area contributed by atoms with E-state index in [0.29, 0.717) is 11.1 Å². The minimum absolute atomic E-state index is 0.110. The number of hydrogen-bond donors (Lipinski definition) is 0. The Morgan fingerprint density at radius 3 is 2.62 bits per heavy atom. The van der Waals surface area contributed by atoms with Gasteiger partial charge in [0.25, 0.3) is 0 Å². The van der Waals surface area contributed by atoms with Crippen LogP contribution in [0.15, 0.2) is 10.8 Å². The maximum absolute atomic E-state index is 11.3. The largest absolute Gasteiger partial charge is 0.465 e. The summed E-state index contributed by atoms with van der Waals surface area (Å²) in [7, 11) is 1.29. The molecule has 0 spiro atoms. The number of esters is 1. The maximum Gasteiger partial charge on any atom is 0.339 e. The van der Waals surface area contributed by atoms with Crippen LogP contribution in [0.1, 0.15) is 20.7 Å². The van der Waals surface area contributed by atoms with Gasteiger partial charge < -0.3 is 4.74 Å². The Balaban J connectivity index is 3.02. The van der Waals surface area contributed by atoms with Crippen molar-refractivity contribution in [1.82, 2.24) is 0 Å². The van der Waals surface area contributed by atoms with E-state index < -0.39 is 5.97 Å². The fourth-order valence-corrected chi connectivity index (χ4v) is 1.98. The van der Waals surface area contributed by atoms with Crippen LogP contribution in [-0.2, 0) is 4.74 Å². The highest BCUT2D eigenvalue weighted by atomic mass is 79.9. The van der Waals surface area contributed by atoms with E-state index in [1.807, 2.05) is 0 Å². The number of Topliss-reactive ketones (excluding diaryl/α,β-unsaturated/α-hetero) is 1. The second-order valence-corrected chi connectivity index (χ2v) is 3.55. The van der Waals surface area contributed by atoms with E-state index in [2.05, 4.69) is 20.7 Å². The number of halogens is 1. The predicted octanol–water partition coefficient (Wildman–Crippen LogP) is 2.11. The highest BCUT2D eigenvalue weighted by Gasteiger charge is 2.17. The molecule has 0 aliphatic heterocycles. The van der Waals surface area contributed by atoms with E-state index in [1.54, 1.807) is 10.8 Å². The van der Waals surface area contributed by atoms with Gasteiger partial charge in [0.15, 0.2) is 5.78 Å². The van der Waals surface area contributed by atoms with Gasteiger partial charge in [0.2, 0.25) is 0 Å². The quantitative estimate of drug-likeness (QED) is 0.476. The Bertz CT molecular complexity index is 301. The van der Waals surface area contributed by atoms with Crippen molar-refractivity contribution in [3.05, 3.63) is 21.9 Å². The van der Waals surface area contributed by atoms with Crippen LogP contribution >= 0.6 is 27.3 Å². The van der Waals surface area contributed by atoms with Gasteiger partial charge in [-0.3, -0.25) is 4.79 Å². The zero-order valence-corrected chi connectivity index (χ0v) is 9.28. The number of hydrogen-bond acceptors (Lipinski definition) is 4. The van der Waals surface area contributed by atoms with Gasteiger partial charge in [0, 0.05) is 16.3 Å². The average Bonchev–Trinajstić information content (AvgIpc) is 2.63. The van der Waals surface area contributed by atoms with Crippen LogP contribution in [0.4, 0.5) is 0 Å². The summed E-state index contributed by atoms with van der Waals surface area (Å²) in [5.74, 6) is -0.577. The fraction of sp³-hybridized carbons (Fsp3) is 0.250. The number of thiophene rings is 1. The Hall–Kier alpha value is -0.680. The van der Waals surface area contributed by atoms with Crippen molar-refractivity contribution in [3.8, 4) is 0 Å². The van der Waals surface area contributed by atoms with Crippen LogP contribution < -0.4 is 0 Å². The molecule has 1 heterocycles. The lowest BCUT2D eigenvalue weighted by Gasteiger charge is -1.98. The van der Waals surface area contributed by atoms with E-state index in [4.69, 9.17) is 0 Å². The number of ether oxygens (including phenoxy) is 1. The maximum atomic E-state index is 11.3. The van der Waals surface area contributed by atoms with Gasteiger partial charge in [-0.1, -0.05) is 15.9 Å². The van der Waals surface area contributed by atoms with Crippen LogP contribution in [0.3, 0.4) is 0 Å². The number of rotatable bonds is 3. The first-order chi connectivity index (χ1) is 6.20. The number of carbonyl (C=O) groups is 2. The summed E-state index contributed by atoms with van der Waals surface area (Å²) in [5, 5.41) is 3.48. The van der Waals surface area contributed by atoms with Crippen molar-refractivity contribution in [3.63, 3.8) is 0 Å². The number of alkyl halides is 1. The van der Waals surface area contributed by atoms with Crippen LogP contribution in [-0.4, -0.2) is 24.2 Å². The van der Waals surface area contributed by atoms with Crippen molar-refractivity contribution >= 4 is 39.0 Å². The Kier molecular flexibility index (Phi) is 3.62. The van der Waals surface area contributed by atoms with E-state index in [-0.39, 0.29) is 11.1 Å². The molecule has 0 N–H and O–H groups in total. The van der Waals surface area contributed by atoms with Gasteiger partial charge in [-0.15, -0.1) is 0 Å². The SMILES string of the molecule is COC(=O)c1cscc1C(=O)CBr. The van der Waals surface area contributed by atoms with E-state index in [9.17, 15) is 9.59 Å². The summed E-state index contributed by atoms with van der Waals surface area (Å²) in [6, 6.07) is 0. The van der Waals surface area contributed by atoms with E-state index >= 15 is 0 Å². The highest BCUT2D eigenvalue weighted by Crippen LogP contribution is 2.17. The molecule has 0 aromatic carbocycles. The molecule has 1 aromatic rings. The summed E-state index contributed by atoms with van der Waals surface area (Å²) >= 11 is 4.36. The molecule has 0 radical (unpaired) electrons. The molecule has 13 heavy (non-hydrogen) atoms. The smallest absolute Gasteiger partial charge is 0.339 e. The van der Waals surface area contributed by atoms with Crippen LogP contribution in [0, 0.1) is 0 Å². The van der Waals surface area contributed by atoms with Crippen LogP contribution in [0.5, 0.6) is 0 Å². The Labute approximate surface area is 87.8 Å². The lowest BCUT2D eigenvalue weighted by atomic mass is 10.1. The Morgan fingerprint density at radius 2 is 2.08 bits per heavy atom. The zero-order valence-electron chi connectivity index (χ0n) is 6.87. The third kappa shape index (κ3) is 2.16. The van der Waals surface area contributed by atoms with Gasteiger partial charge in [0.1, 0.15) is 0 Å². The standard InChI is InChI=1S/C8H7BrO3S/c1-12-8(11)6-4-13-3-5(6)7(10)2-9/h3-4H,2H2,1H3. The molecule has 0 fully saturated rings. The minimum Gasteiger partial charge on any atom is -0.465 e. The number of methoxy groups -OCH3 is 1. The summed E-state index contributed by atoms with van der Waals surface area (Å²) in [4.78, 5) is 22.4. The molecule has 0 aliphatic rings. The monoisotopic (exact) mass is 262 g/mol. The van der Waals surface area contributed by atoms with Gasteiger partial charge in [-0.2, -0.15) is 11.3 Å². The van der Waals surface area contributed by atoms with E-state index in [1.165, 1.54) is 18.4 Å². The highest BCUT2D eigenvalue weighted by molar-refractivity contribution is 9.09. The van der Waals surface area contributed by atoms with E-state index in [0.717, 1.165) is 0 Å². The molecule has 3 nitrogen and oxygen atoms in total. The zero-order chi connectivity index (χ0) is 9.84. The molecule has 0 unspecified atom stereocenters. The molecule has 70 valence electrons. The van der Waals surface area contributed by atoms with Crippen LogP contribution in [0.2, 0.25) is 0 Å². The summed E-state index contributed by atoms with van der Waals surface area (Å²) in [5.41, 5.74) is 0.769. The third-order valence-corrected chi connectivity index (χ3v) is 2.74. The number of ketones is 1. The molecule has 1 rings (SSSR count). The molecule has 5 heteroatoms. The first kappa shape index (κ1) is 10.4. The van der Waals surface area contributed by atoms with Gasteiger partial charge in [0.05, 0.1) is 18.0 Å². The fourth-order valence-electron chi connectivity index (χ4n) is 0.853. The van der Waals surface area contributed by atoms with Crippen molar-refractivity contribution in [1.29, 1.82) is 0 Å². The first-order valence-electron chi connectivity index (χ1n) is 3.44. The van der Waals surface area contributed by atoms with Crippen LogP contribution in [0.25, 0.3) is 0 Å². The predicted molar refractivity (Wildman–Crippen MR) is 53.8 cm³/mol. The second kappa shape index (κ2) is 4.53. The summed E-state index contributed by atoms with van der Waals surface area (Å²) < 4.78 is 4.53. The topological polar surface area (TPSA) is 43.4 Å². The summed E-state index contributed by atoms with van der Waals surface area (Å²) in [6.07, 6.45) is 0. The molecular weight excluding hydrogens is 256 g/mol. The number of carbonyl (C=O) groups excluding carboxylic acids is 2. The molecule has 0 atom stereocenters. The molecule has 1 aromatic heterocycles.